The van der Waals surface area contributed by atoms with Crippen molar-refractivity contribution in [3.05, 3.63) is 28.4 Å². The van der Waals surface area contributed by atoms with Gasteiger partial charge >= 0.3 is 0 Å². The monoisotopic (exact) mass is 265 g/mol. The van der Waals surface area contributed by atoms with Gasteiger partial charge in [0.15, 0.2) is 0 Å². The molecule has 1 aliphatic heterocycles. The molecule has 0 radical (unpaired) electrons. The number of likely N-dealkylation sites (N-methyl/N-ethyl adjacent to an activating group) is 1. The summed E-state index contributed by atoms with van der Waals surface area (Å²) in [6.07, 6.45) is 5.84. The molecule has 6 nitrogen and oxygen atoms in total. The van der Waals surface area contributed by atoms with Crippen LogP contribution in [0.3, 0.4) is 0 Å². The Hall–Kier alpha value is -1.69. The van der Waals surface area contributed by atoms with Gasteiger partial charge in [-0.05, 0) is 26.2 Å². The lowest BCUT2D eigenvalue weighted by atomic mass is 10.1. The standard InChI is InChI=1S/C13H19N3O3/c1-2-16(9-10-5-3-4-6-19-10)13(18)11-7-14-8-12(17)15-11/h7-8,10H,2-6,9H2,1H3,(H,15,17)/t10-/m1/s1. The number of carbonyl (C=O) groups excluding carboxylic acids is 1. The Kier molecular flexibility index (Phi) is 4.68. The van der Waals surface area contributed by atoms with Gasteiger partial charge in [0.2, 0.25) is 0 Å². The van der Waals surface area contributed by atoms with Crippen LogP contribution < -0.4 is 5.56 Å². The summed E-state index contributed by atoms with van der Waals surface area (Å²) in [7, 11) is 0. The highest BCUT2D eigenvalue weighted by Gasteiger charge is 2.21. The number of amides is 1. The summed E-state index contributed by atoms with van der Waals surface area (Å²) in [5, 5.41) is 0. The van der Waals surface area contributed by atoms with Crippen molar-refractivity contribution in [1.82, 2.24) is 14.9 Å². The highest BCUT2D eigenvalue weighted by molar-refractivity contribution is 5.91. The van der Waals surface area contributed by atoms with Gasteiger partial charge in [0.25, 0.3) is 11.5 Å². The van der Waals surface area contributed by atoms with E-state index in [1.165, 1.54) is 6.20 Å². The van der Waals surface area contributed by atoms with Crippen LogP contribution in [0.15, 0.2) is 17.2 Å². The fraction of sp³-hybridized carbons (Fsp3) is 0.615. The maximum absolute atomic E-state index is 12.3. The molecule has 0 aromatic carbocycles. The summed E-state index contributed by atoms with van der Waals surface area (Å²) < 4.78 is 5.64. The Morgan fingerprint density at radius 3 is 3.00 bits per heavy atom. The van der Waals surface area contributed by atoms with Crippen LogP contribution in [0.1, 0.15) is 36.7 Å². The summed E-state index contributed by atoms with van der Waals surface area (Å²) in [5.41, 5.74) is -0.138. The number of aromatic amines is 1. The van der Waals surface area contributed by atoms with E-state index in [4.69, 9.17) is 4.74 Å². The number of rotatable bonds is 4. The lowest BCUT2D eigenvalue weighted by Gasteiger charge is -2.29. The molecule has 1 aromatic rings. The first-order valence-electron chi connectivity index (χ1n) is 6.66. The molecule has 1 aromatic heterocycles. The molecule has 1 saturated heterocycles. The molecule has 2 heterocycles. The molecular formula is C13H19N3O3. The molecular weight excluding hydrogens is 246 g/mol. The van der Waals surface area contributed by atoms with Crippen LogP contribution in [0.2, 0.25) is 0 Å². The van der Waals surface area contributed by atoms with Crippen LogP contribution in [0.4, 0.5) is 0 Å². The first-order valence-corrected chi connectivity index (χ1v) is 6.66. The predicted octanol–water partition coefficient (Wildman–Crippen LogP) is 0.801. The maximum Gasteiger partial charge on any atom is 0.272 e. The summed E-state index contributed by atoms with van der Waals surface area (Å²) in [5.74, 6) is -0.207. The van der Waals surface area contributed by atoms with Crippen molar-refractivity contribution in [3.8, 4) is 0 Å². The van der Waals surface area contributed by atoms with Gasteiger partial charge in [-0.1, -0.05) is 0 Å². The van der Waals surface area contributed by atoms with E-state index in [0.717, 1.165) is 32.1 Å². The average molecular weight is 265 g/mol. The molecule has 6 heteroatoms. The van der Waals surface area contributed by atoms with E-state index in [1.807, 2.05) is 6.92 Å². The first-order chi connectivity index (χ1) is 9.20. The fourth-order valence-electron chi connectivity index (χ4n) is 2.21. The number of hydrogen-bond donors (Lipinski definition) is 1. The molecule has 1 N–H and O–H groups in total. The van der Waals surface area contributed by atoms with Crippen LogP contribution in [0.5, 0.6) is 0 Å². The van der Waals surface area contributed by atoms with Gasteiger partial charge < -0.3 is 14.6 Å². The molecule has 1 fully saturated rings. The van der Waals surface area contributed by atoms with Crippen LogP contribution in [0.25, 0.3) is 0 Å². The predicted molar refractivity (Wildman–Crippen MR) is 70.0 cm³/mol. The van der Waals surface area contributed by atoms with E-state index >= 15 is 0 Å². The summed E-state index contributed by atoms with van der Waals surface area (Å²) in [6.45, 7) is 3.82. The van der Waals surface area contributed by atoms with Gasteiger partial charge in [0.05, 0.1) is 18.5 Å². The Morgan fingerprint density at radius 1 is 1.53 bits per heavy atom. The highest BCUT2D eigenvalue weighted by Crippen LogP contribution is 2.14. The Balaban J connectivity index is 2.04. The molecule has 19 heavy (non-hydrogen) atoms. The normalized spacial score (nSPS) is 19.1. The van der Waals surface area contributed by atoms with Crippen molar-refractivity contribution < 1.29 is 9.53 Å². The fourth-order valence-corrected chi connectivity index (χ4v) is 2.21. The number of aromatic nitrogens is 2. The topological polar surface area (TPSA) is 75.3 Å². The molecule has 1 aliphatic rings. The van der Waals surface area contributed by atoms with Crippen molar-refractivity contribution in [3.63, 3.8) is 0 Å². The minimum atomic E-state index is -0.365. The number of H-pyrrole nitrogens is 1. The first kappa shape index (κ1) is 13.7. The second kappa shape index (κ2) is 6.47. The molecule has 2 rings (SSSR count). The van der Waals surface area contributed by atoms with Gasteiger partial charge in [-0.25, -0.2) is 0 Å². The minimum absolute atomic E-state index is 0.0982. The van der Waals surface area contributed by atoms with E-state index in [9.17, 15) is 9.59 Å². The number of hydrogen-bond acceptors (Lipinski definition) is 4. The molecule has 0 unspecified atom stereocenters. The third kappa shape index (κ3) is 3.64. The van der Waals surface area contributed by atoms with Crippen molar-refractivity contribution in [2.24, 2.45) is 0 Å². The van der Waals surface area contributed by atoms with E-state index in [-0.39, 0.29) is 23.3 Å². The van der Waals surface area contributed by atoms with Crippen molar-refractivity contribution in [2.45, 2.75) is 32.3 Å². The second-order valence-corrected chi connectivity index (χ2v) is 4.64. The molecule has 0 spiro atoms. The van der Waals surface area contributed by atoms with E-state index in [1.54, 1.807) is 4.90 Å². The number of carbonyl (C=O) groups is 1. The van der Waals surface area contributed by atoms with Crippen LogP contribution in [0, 0.1) is 0 Å². The molecule has 104 valence electrons. The summed E-state index contributed by atoms with van der Waals surface area (Å²) in [4.78, 5) is 31.4. The van der Waals surface area contributed by atoms with Crippen molar-refractivity contribution >= 4 is 5.91 Å². The lowest BCUT2D eigenvalue weighted by molar-refractivity contribution is -0.00324. The lowest BCUT2D eigenvalue weighted by Crippen LogP contribution is -2.40. The van der Waals surface area contributed by atoms with E-state index < -0.39 is 0 Å². The van der Waals surface area contributed by atoms with Gasteiger partial charge in [0, 0.05) is 19.7 Å². The second-order valence-electron chi connectivity index (χ2n) is 4.64. The zero-order valence-corrected chi connectivity index (χ0v) is 11.1. The zero-order valence-electron chi connectivity index (χ0n) is 11.1. The van der Waals surface area contributed by atoms with E-state index in [0.29, 0.717) is 13.1 Å². The Labute approximate surface area is 111 Å². The van der Waals surface area contributed by atoms with Crippen LogP contribution in [-0.4, -0.2) is 46.6 Å². The minimum Gasteiger partial charge on any atom is -0.376 e. The number of nitrogens with zero attached hydrogens (tertiary/aromatic N) is 2. The third-order valence-electron chi connectivity index (χ3n) is 3.25. The quantitative estimate of drug-likeness (QED) is 0.873. The molecule has 0 bridgehead atoms. The zero-order chi connectivity index (χ0) is 13.7. The van der Waals surface area contributed by atoms with Gasteiger partial charge in [-0.2, -0.15) is 0 Å². The molecule has 0 aliphatic carbocycles. The Bertz CT molecular complexity index is 480. The van der Waals surface area contributed by atoms with Gasteiger partial charge in [0.1, 0.15) is 5.69 Å². The molecule has 1 amide bonds. The van der Waals surface area contributed by atoms with E-state index in [2.05, 4.69) is 9.97 Å². The SMILES string of the molecule is CCN(C[C@H]1CCCCO1)C(=O)c1cncc(=O)[nH]1. The number of ether oxygens (including phenoxy) is 1. The van der Waals surface area contributed by atoms with Gasteiger partial charge in [-0.15, -0.1) is 0 Å². The van der Waals surface area contributed by atoms with Gasteiger partial charge in [-0.3, -0.25) is 14.6 Å². The smallest absolute Gasteiger partial charge is 0.272 e. The average Bonchev–Trinajstić information content (AvgIpc) is 2.45. The van der Waals surface area contributed by atoms with Crippen molar-refractivity contribution in [2.75, 3.05) is 19.7 Å². The summed E-state index contributed by atoms with van der Waals surface area (Å²) in [6, 6.07) is 0. The molecule has 0 saturated carbocycles. The van der Waals surface area contributed by atoms with Crippen LogP contribution in [-0.2, 0) is 4.74 Å². The maximum atomic E-state index is 12.3. The highest BCUT2D eigenvalue weighted by atomic mass is 16.5. The Morgan fingerprint density at radius 2 is 2.37 bits per heavy atom. The third-order valence-corrected chi connectivity index (χ3v) is 3.25. The largest absolute Gasteiger partial charge is 0.376 e. The van der Waals surface area contributed by atoms with Crippen LogP contribution >= 0.6 is 0 Å². The number of nitrogens with one attached hydrogen (secondary N) is 1. The summed E-state index contributed by atoms with van der Waals surface area (Å²) >= 11 is 0. The molecule has 1 atom stereocenters. The van der Waals surface area contributed by atoms with Crippen molar-refractivity contribution in [1.29, 1.82) is 0 Å².